The van der Waals surface area contributed by atoms with Crippen molar-refractivity contribution < 1.29 is 5.11 Å². The van der Waals surface area contributed by atoms with Crippen molar-refractivity contribution >= 4 is 0 Å². The molecule has 0 saturated heterocycles. The van der Waals surface area contributed by atoms with Crippen LogP contribution in [0.3, 0.4) is 0 Å². The minimum absolute atomic E-state index is 0.339. The number of hydrogen-bond acceptors (Lipinski definition) is 1. The molecule has 0 amide bonds. The standard InChI is InChI=1S/C15H26O/c1-11-6-5-7-12-8-9-13(14(2,3)16)10-15(11,12)4/h10-12,16H,5-9H2,1-4H3/t11-,12+,15+/m0/s1. The van der Waals surface area contributed by atoms with Crippen LogP contribution in [-0.2, 0) is 0 Å². The Kier molecular flexibility index (Phi) is 2.94. The van der Waals surface area contributed by atoms with Crippen LogP contribution < -0.4 is 0 Å². The Morgan fingerprint density at radius 3 is 2.62 bits per heavy atom. The summed E-state index contributed by atoms with van der Waals surface area (Å²) in [7, 11) is 0. The van der Waals surface area contributed by atoms with Crippen LogP contribution in [0.5, 0.6) is 0 Å². The fourth-order valence-electron chi connectivity index (χ4n) is 3.67. The molecular formula is C15H26O. The molecule has 1 heteroatoms. The number of allylic oxidation sites excluding steroid dienone is 1. The van der Waals surface area contributed by atoms with Gasteiger partial charge in [0.15, 0.2) is 0 Å². The summed E-state index contributed by atoms with van der Waals surface area (Å²) < 4.78 is 0. The van der Waals surface area contributed by atoms with Gasteiger partial charge in [0, 0.05) is 0 Å². The molecule has 0 heterocycles. The maximum atomic E-state index is 10.2. The van der Waals surface area contributed by atoms with E-state index in [2.05, 4.69) is 19.9 Å². The summed E-state index contributed by atoms with van der Waals surface area (Å²) >= 11 is 0. The predicted octanol–water partition coefficient (Wildman–Crippen LogP) is 3.92. The van der Waals surface area contributed by atoms with Gasteiger partial charge in [-0.3, -0.25) is 0 Å². The van der Waals surface area contributed by atoms with Gasteiger partial charge in [0.1, 0.15) is 0 Å². The Hall–Kier alpha value is -0.300. The highest BCUT2D eigenvalue weighted by molar-refractivity contribution is 5.23. The third kappa shape index (κ3) is 1.95. The molecule has 1 N–H and O–H groups in total. The molecule has 2 aliphatic rings. The highest BCUT2D eigenvalue weighted by Gasteiger charge is 2.43. The van der Waals surface area contributed by atoms with Gasteiger partial charge >= 0.3 is 0 Å². The van der Waals surface area contributed by atoms with E-state index < -0.39 is 5.60 Å². The molecule has 16 heavy (non-hydrogen) atoms. The van der Waals surface area contributed by atoms with E-state index in [4.69, 9.17) is 0 Å². The summed E-state index contributed by atoms with van der Waals surface area (Å²) in [5, 5.41) is 10.2. The Morgan fingerprint density at radius 2 is 2.00 bits per heavy atom. The lowest BCUT2D eigenvalue weighted by molar-refractivity contribution is 0.0619. The normalized spacial score (nSPS) is 40.2. The first-order valence-electron chi connectivity index (χ1n) is 6.78. The number of hydrogen-bond donors (Lipinski definition) is 1. The average molecular weight is 222 g/mol. The molecule has 0 aliphatic heterocycles. The van der Waals surface area contributed by atoms with E-state index in [0.29, 0.717) is 5.41 Å². The topological polar surface area (TPSA) is 20.2 Å². The predicted molar refractivity (Wildman–Crippen MR) is 68.2 cm³/mol. The van der Waals surface area contributed by atoms with E-state index in [1.165, 1.54) is 31.3 Å². The summed E-state index contributed by atoms with van der Waals surface area (Å²) in [6.45, 7) is 8.65. The molecule has 2 aliphatic carbocycles. The molecule has 0 radical (unpaired) electrons. The Balaban J connectivity index is 2.32. The van der Waals surface area contributed by atoms with Crippen molar-refractivity contribution in [3.63, 3.8) is 0 Å². The third-order valence-corrected chi connectivity index (χ3v) is 5.16. The van der Waals surface area contributed by atoms with Gasteiger partial charge < -0.3 is 5.11 Å². The van der Waals surface area contributed by atoms with Gasteiger partial charge in [0.05, 0.1) is 5.60 Å². The lowest BCUT2D eigenvalue weighted by atomic mass is 9.57. The first-order chi connectivity index (χ1) is 7.34. The molecule has 1 saturated carbocycles. The van der Waals surface area contributed by atoms with Gasteiger partial charge in [0.2, 0.25) is 0 Å². The van der Waals surface area contributed by atoms with Crippen LogP contribution in [0.4, 0.5) is 0 Å². The third-order valence-electron chi connectivity index (χ3n) is 5.16. The molecule has 0 unspecified atom stereocenters. The smallest absolute Gasteiger partial charge is 0.0800 e. The van der Waals surface area contributed by atoms with Gasteiger partial charge in [-0.15, -0.1) is 0 Å². The fraction of sp³-hybridized carbons (Fsp3) is 0.867. The van der Waals surface area contributed by atoms with Crippen LogP contribution in [0.25, 0.3) is 0 Å². The summed E-state index contributed by atoms with van der Waals surface area (Å²) in [6, 6.07) is 0. The maximum absolute atomic E-state index is 10.2. The molecular weight excluding hydrogens is 196 g/mol. The van der Waals surface area contributed by atoms with Gasteiger partial charge in [-0.1, -0.05) is 26.3 Å². The quantitative estimate of drug-likeness (QED) is 0.667. The number of aliphatic hydroxyl groups is 1. The highest BCUT2D eigenvalue weighted by Crippen LogP contribution is 2.52. The minimum atomic E-state index is -0.620. The van der Waals surface area contributed by atoms with E-state index >= 15 is 0 Å². The summed E-state index contributed by atoms with van der Waals surface area (Å²) in [5.74, 6) is 1.62. The fourth-order valence-corrected chi connectivity index (χ4v) is 3.67. The van der Waals surface area contributed by atoms with E-state index in [1.54, 1.807) is 0 Å². The van der Waals surface area contributed by atoms with Crippen LogP contribution in [-0.4, -0.2) is 10.7 Å². The highest BCUT2D eigenvalue weighted by atomic mass is 16.3. The van der Waals surface area contributed by atoms with Gasteiger partial charge in [-0.2, -0.15) is 0 Å². The monoisotopic (exact) mass is 222 g/mol. The molecule has 3 atom stereocenters. The summed E-state index contributed by atoms with van der Waals surface area (Å²) in [5.41, 5.74) is 0.983. The lowest BCUT2D eigenvalue weighted by Gasteiger charge is -2.49. The van der Waals surface area contributed by atoms with E-state index in [1.807, 2.05) is 13.8 Å². The second-order valence-corrected chi connectivity index (χ2v) is 6.66. The zero-order chi connectivity index (χ0) is 12.0. The van der Waals surface area contributed by atoms with Gasteiger partial charge in [-0.25, -0.2) is 0 Å². The molecule has 0 bridgehead atoms. The Morgan fingerprint density at radius 1 is 1.31 bits per heavy atom. The first kappa shape index (κ1) is 12.2. The van der Waals surface area contributed by atoms with Crippen molar-refractivity contribution in [1.29, 1.82) is 0 Å². The van der Waals surface area contributed by atoms with Crippen molar-refractivity contribution in [2.75, 3.05) is 0 Å². The SMILES string of the molecule is C[C@H]1CCC[C@@H]2CCC(C(C)(C)O)=C[C@@]21C. The second-order valence-electron chi connectivity index (χ2n) is 6.66. The second kappa shape index (κ2) is 3.87. The van der Waals surface area contributed by atoms with Crippen LogP contribution >= 0.6 is 0 Å². The Labute approximate surface area is 99.9 Å². The molecule has 1 nitrogen and oxygen atoms in total. The minimum Gasteiger partial charge on any atom is -0.386 e. The number of rotatable bonds is 1. The van der Waals surface area contributed by atoms with Crippen LogP contribution in [0, 0.1) is 17.3 Å². The van der Waals surface area contributed by atoms with E-state index in [9.17, 15) is 5.11 Å². The molecule has 0 spiro atoms. The van der Waals surface area contributed by atoms with Crippen molar-refractivity contribution in [2.24, 2.45) is 17.3 Å². The zero-order valence-electron chi connectivity index (χ0n) is 11.2. The summed E-state index contributed by atoms with van der Waals surface area (Å²) in [6.07, 6.45) is 8.92. The molecule has 0 aromatic rings. The molecule has 0 aromatic heterocycles. The van der Waals surface area contributed by atoms with Crippen LogP contribution in [0.1, 0.15) is 59.8 Å². The largest absolute Gasteiger partial charge is 0.386 e. The van der Waals surface area contributed by atoms with Gasteiger partial charge in [0.25, 0.3) is 0 Å². The van der Waals surface area contributed by atoms with E-state index in [0.717, 1.165) is 18.3 Å². The van der Waals surface area contributed by atoms with Crippen molar-refractivity contribution in [1.82, 2.24) is 0 Å². The zero-order valence-corrected chi connectivity index (χ0v) is 11.2. The van der Waals surface area contributed by atoms with Crippen LogP contribution in [0.15, 0.2) is 11.6 Å². The van der Waals surface area contributed by atoms with Gasteiger partial charge in [-0.05, 0) is 62.4 Å². The molecule has 92 valence electrons. The van der Waals surface area contributed by atoms with Crippen molar-refractivity contribution in [3.8, 4) is 0 Å². The van der Waals surface area contributed by atoms with E-state index in [-0.39, 0.29) is 0 Å². The molecule has 1 fully saturated rings. The van der Waals surface area contributed by atoms with Crippen molar-refractivity contribution in [3.05, 3.63) is 11.6 Å². The molecule has 0 aromatic carbocycles. The van der Waals surface area contributed by atoms with Crippen LogP contribution in [0.2, 0.25) is 0 Å². The maximum Gasteiger partial charge on any atom is 0.0800 e. The number of fused-ring (bicyclic) bond motifs is 1. The lowest BCUT2D eigenvalue weighted by Crippen LogP contribution is -2.40. The summed E-state index contributed by atoms with van der Waals surface area (Å²) in [4.78, 5) is 0. The first-order valence-corrected chi connectivity index (χ1v) is 6.78. The molecule has 2 rings (SSSR count). The van der Waals surface area contributed by atoms with Crippen molar-refractivity contribution in [2.45, 2.75) is 65.4 Å². The Bertz CT molecular complexity index is 297. The average Bonchev–Trinajstić information content (AvgIpc) is 2.17.